The maximum atomic E-state index is 11.9. The fourth-order valence-electron chi connectivity index (χ4n) is 1.66. The number of nitrogens with zero attached hydrogens (tertiary/aromatic N) is 1. The van der Waals surface area contributed by atoms with Crippen LogP contribution in [0.25, 0.3) is 0 Å². The zero-order chi connectivity index (χ0) is 13.2. The van der Waals surface area contributed by atoms with Gasteiger partial charge in [-0.05, 0) is 5.56 Å². The van der Waals surface area contributed by atoms with Gasteiger partial charge in [0, 0.05) is 26.2 Å². The molecule has 0 amide bonds. The number of benzene rings is 1. The lowest BCUT2D eigenvalue weighted by Crippen LogP contribution is -2.32. The lowest BCUT2D eigenvalue weighted by atomic mass is 10.2. The first kappa shape index (κ1) is 15.0. The number of hydrogen-bond acceptors (Lipinski definition) is 3. The van der Waals surface area contributed by atoms with E-state index in [0.29, 0.717) is 19.7 Å². The summed E-state index contributed by atoms with van der Waals surface area (Å²) in [7, 11) is 0. The Hall–Kier alpha value is -1.04. The molecule has 102 valence electrons. The van der Waals surface area contributed by atoms with Crippen molar-refractivity contribution in [3.63, 3.8) is 0 Å². The van der Waals surface area contributed by atoms with Crippen LogP contribution in [-0.2, 0) is 11.3 Å². The van der Waals surface area contributed by atoms with Crippen LogP contribution in [0, 0.1) is 0 Å². The first-order valence-electron chi connectivity index (χ1n) is 6.04. The molecule has 18 heavy (non-hydrogen) atoms. The van der Waals surface area contributed by atoms with Gasteiger partial charge in [-0.25, -0.2) is 8.78 Å². The molecule has 0 aromatic heterocycles. The van der Waals surface area contributed by atoms with Crippen molar-refractivity contribution in [2.75, 3.05) is 32.8 Å². The van der Waals surface area contributed by atoms with Gasteiger partial charge in [-0.15, -0.1) is 0 Å². The van der Waals surface area contributed by atoms with E-state index in [1.54, 1.807) is 0 Å². The number of alkyl halides is 2. The molecule has 0 radical (unpaired) electrons. The summed E-state index contributed by atoms with van der Waals surface area (Å²) in [6.45, 7) is 2.45. The van der Waals surface area contributed by atoms with Gasteiger partial charge in [0.2, 0.25) is 0 Å². The fraction of sp³-hybridized carbons (Fsp3) is 0.538. The topological polar surface area (TPSA) is 38.5 Å². The molecule has 0 bridgehead atoms. The van der Waals surface area contributed by atoms with Gasteiger partial charge < -0.3 is 10.5 Å². The molecule has 5 heteroatoms. The number of rotatable bonds is 9. The van der Waals surface area contributed by atoms with Crippen molar-refractivity contribution >= 4 is 0 Å². The molecule has 0 unspecified atom stereocenters. The van der Waals surface area contributed by atoms with Crippen LogP contribution in [0.3, 0.4) is 0 Å². The molecule has 0 heterocycles. The van der Waals surface area contributed by atoms with Crippen molar-refractivity contribution in [2.24, 2.45) is 5.73 Å². The van der Waals surface area contributed by atoms with Gasteiger partial charge in [0.1, 0.15) is 6.61 Å². The number of ether oxygens (including phenoxy) is 1. The highest BCUT2D eigenvalue weighted by molar-refractivity contribution is 5.14. The second kappa shape index (κ2) is 8.97. The second-order valence-corrected chi connectivity index (χ2v) is 4.02. The summed E-state index contributed by atoms with van der Waals surface area (Å²) < 4.78 is 28.7. The van der Waals surface area contributed by atoms with Crippen LogP contribution in [0.1, 0.15) is 5.56 Å². The molecule has 0 atom stereocenters. The van der Waals surface area contributed by atoms with Crippen molar-refractivity contribution in [3.05, 3.63) is 35.9 Å². The van der Waals surface area contributed by atoms with Gasteiger partial charge >= 0.3 is 0 Å². The molecule has 0 aliphatic rings. The molecule has 3 nitrogen and oxygen atoms in total. The van der Waals surface area contributed by atoms with E-state index in [-0.39, 0.29) is 0 Å². The SMILES string of the molecule is NCCN(CCOCC(F)F)Cc1ccccc1. The Morgan fingerprint density at radius 1 is 1.17 bits per heavy atom. The molecule has 1 aromatic rings. The molecule has 1 rings (SSSR count). The Balaban J connectivity index is 2.31. The molecule has 0 spiro atoms. The quantitative estimate of drug-likeness (QED) is 0.686. The maximum Gasteiger partial charge on any atom is 0.261 e. The third kappa shape index (κ3) is 6.64. The van der Waals surface area contributed by atoms with Crippen molar-refractivity contribution in [1.82, 2.24) is 4.90 Å². The lowest BCUT2D eigenvalue weighted by Gasteiger charge is -2.21. The summed E-state index contributed by atoms with van der Waals surface area (Å²) in [6, 6.07) is 9.97. The van der Waals surface area contributed by atoms with Crippen LogP contribution < -0.4 is 5.73 Å². The van der Waals surface area contributed by atoms with Crippen LogP contribution in [0.15, 0.2) is 30.3 Å². The van der Waals surface area contributed by atoms with E-state index in [0.717, 1.165) is 13.1 Å². The summed E-state index contributed by atoms with van der Waals surface area (Å²) in [4.78, 5) is 2.10. The van der Waals surface area contributed by atoms with Crippen LogP contribution in [-0.4, -0.2) is 44.2 Å². The fourth-order valence-corrected chi connectivity index (χ4v) is 1.66. The average molecular weight is 258 g/mol. The zero-order valence-corrected chi connectivity index (χ0v) is 10.4. The monoisotopic (exact) mass is 258 g/mol. The summed E-state index contributed by atoms with van der Waals surface area (Å²) in [6.07, 6.45) is -2.40. The Bertz CT molecular complexity index is 309. The third-order valence-electron chi connectivity index (χ3n) is 2.49. The molecule has 0 aliphatic carbocycles. The minimum Gasteiger partial charge on any atom is -0.374 e. The highest BCUT2D eigenvalue weighted by Crippen LogP contribution is 2.04. The minimum atomic E-state index is -2.40. The van der Waals surface area contributed by atoms with E-state index in [9.17, 15) is 8.78 Å². The van der Waals surface area contributed by atoms with Gasteiger partial charge in [-0.1, -0.05) is 30.3 Å². The highest BCUT2D eigenvalue weighted by atomic mass is 19.3. The van der Waals surface area contributed by atoms with Crippen LogP contribution in [0.5, 0.6) is 0 Å². The van der Waals surface area contributed by atoms with E-state index < -0.39 is 13.0 Å². The standard InChI is InChI=1S/C13H20F2N2O/c14-13(15)11-18-9-8-17(7-6-16)10-12-4-2-1-3-5-12/h1-5,13H,6-11,16H2. The van der Waals surface area contributed by atoms with Crippen LogP contribution in [0.4, 0.5) is 8.78 Å². The highest BCUT2D eigenvalue weighted by Gasteiger charge is 2.06. The third-order valence-corrected chi connectivity index (χ3v) is 2.49. The average Bonchev–Trinajstić information content (AvgIpc) is 2.36. The van der Waals surface area contributed by atoms with Crippen molar-refractivity contribution in [1.29, 1.82) is 0 Å². The number of halogens is 2. The maximum absolute atomic E-state index is 11.9. The van der Waals surface area contributed by atoms with Crippen molar-refractivity contribution < 1.29 is 13.5 Å². The molecular weight excluding hydrogens is 238 g/mol. The zero-order valence-electron chi connectivity index (χ0n) is 10.4. The van der Waals surface area contributed by atoms with Crippen LogP contribution >= 0.6 is 0 Å². The van der Waals surface area contributed by atoms with E-state index >= 15 is 0 Å². The van der Waals surface area contributed by atoms with E-state index in [2.05, 4.69) is 4.90 Å². The summed E-state index contributed by atoms with van der Waals surface area (Å²) in [5.41, 5.74) is 6.71. The van der Waals surface area contributed by atoms with Crippen molar-refractivity contribution in [2.45, 2.75) is 13.0 Å². The Morgan fingerprint density at radius 3 is 2.50 bits per heavy atom. The summed E-state index contributed by atoms with van der Waals surface area (Å²) in [5, 5.41) is 0. The van der Waals surface area contributed by atoms with Gasteiger partial charge in [0.15, 0.2) is 0 Å². The molecular formula is C13H20F2N2O. The minimum absolute atomic E-state index is 0.303. The Kier molecular flexibility index (Phi) is 7.48. The Labute approximate surface area is 107 Å². The lowest BCUT2D eigenvalue weighted by molar-refractivity contribution is 0.00933. The molecule has 0 saturated carbocycles. The summed E-state index contributed by atoms with van der Waals surface area (Å²) in [5.74, 6) is 0. The molecule has 2 N–H and O–H groups in total. The van der Waals surface area contributed by atoms with E-state index in [4.69, 9.17) is 10.5 Å². The smallest absolute Gasteiger partial charge is 0.261 e. The van der Waals surface area contributed by atoms with E-state index in [1.165, 1.54) is 5.56 Å². The summed E-state index contributed by atoms with van der Waals surface area (Å²) >= 11 is 0. The Morgan fingerprint density at radius 2 is 1.89 bits per heavy atom. The number of nitrogens with two attached hydrogens (primary N) is 1. The normalized spacial score (nSPS) is 11.4. The van der Waals surface area contributed by atoms with E-state index in [1.807, 2.05) is 30.3 Å². The van der Waals surface area contributed by atoms with Gasteiger partial charge in [0.05, 0.1) is 6.61 Å². The first-order valence-corrected chi connectivity index (χ1v) is 6.04. The molecule has 0 aliphatic heterocycles. The van der Waals surface area contributed by atoms with Gasteiger partial charge in [0.25, 0.3) is 6.43 Å². The largest absolute Gasteiger partial charge is 0.374 e. The second-order valence-electron chi connectivity index (χ2n) is 4.02. The van der Waals surface area contributed by atoms with Crippen molar-refractivity contribution in [3.8, 4) is 0 Å². The molecule has 0 saturated heterocycles. The molecule has 1 aromatic carbocycles. The van der Waals surface area contributed by atoms with Crippen LogP contribution in [0.2, 0.25) is 0 Å². The number of hydrogen-bond donors (Lipinski definition) is 1. The predicted molar refractivity (Wildman–Crippen MR) is 67.6 cm³/mol. The first-order chi connectivity index (χ1) is 8.72. The molecule has 0 fully saturated rings. The van der Waals surface area contributed by atoms with Gasteiger partial charge in [-0.3, -0.25) is 4.90 Å². The predicted octanol–water partition coefficient (Wildman–Crippen LogP) is 1.73. The van der Waals surface area contributed by atoms with Gasteiger partial charge in [-0.2, -0.15) is 0 Å².